The van der Waals surface area contributed by atoms with Gasteiger partial charge in [-0.05, 0) is 18.2 Å². The maximum absolute atomic E-state index is 12.3. The minimum absolute atomic E-state index is 0.0722. The van der Waals surface area contributed by atoms with E-state index in [1.165, 1.54) is 12.1 Å². The van der Waals surface area contributed by atoms with Gasteiger partial charge in [0.2, 0.25) is 0 Å². The predicted molar refractivity (Wildman–Crippen MR) is 59.1 cm³/mol. The first-order chi connectivity index (χ1) is 7.79. The molecule has 1 rings (SSSR count). The molecule has 1 N–H and O–H groups in total. The summed E-state index contributed by atoms with van der Waals surface area (Å²) in [4.78, 5) is 9.33. The minimum atomic E-state index is -4.46. The molecule has 17 heavy (non-hydrogen) atoms. The summed E-state index contributed by atoms with van der Waals surface area (Å²) >= 11 is 3.71. The number of nitrogens with zero attached hydrogens (tertiary/aromatic N) is 1. The summed E-state index contributed by atoms with van der Waals surface area (Å²) in [6.07, 6.45) is -3.91. The van der Waals surface area contributed by atoms with Crippen LogP contribution in [-0.4, -0.2) is 4.92 Å². The van der Waals surface area contributed by atoms with Gasteiger partial charge in [0.15, 0.2) is 0 Å². The summed E-state index contributed by atoms with van der Waals surface area (Å²) in [6.45, 7) is 0. The van der Waals surface area contributed by atoms with Gasteiger partial charge in [-0.3, -0.25) is 10.1 Å². The van der Waals surface area contributed by atoms with Gasteiger partial charge >= 0.3 is 6.18 Å². The van der Waals surface area contributed by atoms with E-state index < -0.39 is 16.7 Å². The Morgan fingerprint density at radius 3 is 2.65 bits per heavy atom. The van der Waals surface area contributed by atoms with Crippen LogP contribution in [0.1, 0.15) is 5.56 Å². The van der Waals surface area contributed by atoms with Crippen LogP contribution in [0.3, 0.4) is 0 Å². The molecule has 0 bridgehead atoms. The number of thiol groups is 1. The van der Waals surface area contributed by atoms with Crippen molar-refractivity contribution in [2.75, 3.05) is 5.32 Å². The molecule has 0 radical (unpaired) electrons. The van der Waals surface area contributed by atoms with Crippen LogP contribution in [0.4, 0.5) is 18.9 Å². The average molecular weight is 264 g/mol. The van der Waals surface area contributed by atoms with E-state index in [-0.39, 0.29) is 10.7 Å². The number of benzene rings is 1. The highest BCUT2D eigenvalue weighted by Crippen LogP contribution is 2.30. The molecule has 4 nitrogen and oxygen atoms in total. The zero-order chi connectivity index (χ0) is 13.1. The largest absolute Gasteiger partial charge is 0.416 e. The summed E-state index contributed by atoms with van der Waals surface area (Å²) in [5, 5.41) is 12.3. The van der Waals surface area contributed by atoms with Gasteiger partial charge in [0.1, 0.15) is 5.03 Å². The zero-order valence-corrected chi connectivity index (χ0v) is 9.13. The van der Waals surface area contributed by atoms with E-state index in [9.17, 15) is 23.3 Å². The Balaban J connectivity index is 2.90. The van der Waals surface area contributed by atoms with Crippen molar-refractivity contribution in [2.24, 2.45) is 0 Å². The molecule has 0 heterocycles. The van der Waals surface area contributed by atoms with Crippen molar-refractivity contribution < 1.29 is 18.1 Å². The van der Waals surface area contributed by atoms with Crippen LogP contribution in [0.15, 0.2) is 35.5 Å². The Kier molecular flexibility index (Phi) is 4.00. The first-order valence-corrected chi connectivity index (χ1v) is 4.72. The van der Waals surface area contributed by atoms with E-state index >= 15 is 0 Å². The van der Waals surface area contributed by atoms with Crippen LogP contribution in [0.5, 0.6) is 0 Å². The van der Waals surface area contributed by atoms with Crippen molar-refractivity contribution in [1.82, 2.24) is 0 Å². The molecule has 1 aromatic rings. The number of nitro groups is 1. The van der Waals surface area contributed by atoms with Crippen molar-refractivity contribution in [1.29, 1.82) is 0 Å². The van der Waals surface area contributed by atoms with Crippen LogP contribution in [-0.2, 0) is 6.18 Å². The second-order valence-corrected chi connectivity index (χ2v) is 3.49. The molecule has 8 heteroatoms. The maximum atomic E-state index is 12.3. The Bertz CT molecular complexity index is 460. The molecule has 0 aliphatic heterocycles. The lowest BCUT2D eigenvalue weighted by Gasteiger charge is -2.09. The van der Waals surface area contributed by atoms with Gasteiger partial charge < -0.3 is 5.32 Å². The predicted octanol–water partition coefficient (Wildman–Crippen LogP) is 3.12. The Morgan fingerprint density at radius 2 is 2.12 bits per heavy atom. The van der Waals surface area contributed by atoms with Gasteiger partial charge in [-0.1, -0.05) is 6.07 Å². The number of anilines is 1. The molecule has 0 unspecified atom stereocenters. The normalized spacial score (nSPS) is 12.4. The van der Waals surface area contributed by atoms with Crippen LogP contribution >= 0.6 is 12.6 Å². The van der Waals surface area contributed by atoms with Crippen molar-refractivity contribution in [3.8, 4) is 0 Å². The molecular weight excluding hydrogens is 257 g/mol. The molecule has 0 atom stereocenters. The SMILES string of the molecule is O=[N+]([O-])C=C(S)Nc1cccc(C(F)(F)F)c1. The standard InChI is InChI=1S/C9H7F3N2O2S/c10-9(11,12)6-2-1-3-7(4-6)13-8(17)5-14(15)16/h1-5,13,17H. The zero-order valence-electron chi connectivity index (χ0n) is 8.23. The highest BCUT2D eigenvalue weighted by molar-refractivity contribution is 7.84. The maximum Gasteiger partial charge on any atom is 0.416 e. The lowest BCUT2D eigenvalue weighted by Crippen LogP contribution is -2.05. The summed E-state index contributed by atoms with van der Waals surface area (Å²) < 4.78 is 37.0. The quantitative estimate of drug-likeness (QED) is 0.501. The van der Waals surface area contributed by atoms with Gasteiger partial charge in [-0.2, -0.15) is 13.2 Å². The number of alkyl halides is 3. The summed E-state index contributed by atoms with van der Waals surface area (Å²) in [5.74, 6) is 0. The molecule has 0 aliphatic rings. The van der Waals surface area contributed by atoms with E-state index in [1.807, 2.05) is 0 Å². The van der Waals surface area contributed by atoms with Crippen molar-refractivity contribution in [3.05, 3.63) is 51.2 Å². The Hall–Kier alpha value is -1.70. The molecule has 0 amide bonds. The number of hydrogen-bond donors (Lipinski definition) is 2. The lowest BCUT2D eigenvalue weighted by atomic mass is 10.2. The third kappa shape index (κ3) is 4.35. The van der Waals surface area contributed by atoms with Crippen LogP contribution in [0.25, 0.3) is 0 Å². The number of rotatable bonds is 3. The van der Waals surface area contributed by atoms with E-state index in [2.05, 4.69) is 17.9 Å². The average Bonchev–Trinajstić information content (AvgIpc) is 2.15. The molecule has 92 valence electrons. The first kappa shape index (κ1) is 13.4. The fourth-order valence-corrected chi connectivity index (χ4v) is 1.28. The molecule has 1 aromatic carbocycles. The Labute approximate surface area is 99.7 Å². The number of nitrogens with one attached hydrogen (secondary N) is 1. The molecule has 0 spiro atoms. The van der Waals surface area contributed by atoms with E-state index in [1.54, 1.807) is 0 Å². The molecular formula is C9H7F3N2O2S. The first-order valence-electron chi connectivity index (χ1n) is 4.27. The summed E-state index contributed by atoms with van der Waals surface area (Å²) in [7, 11) is 0. The number of halogens is 3. The number of hydrogen-bond acceptors (Lipinski definition) is 4. The van der Waals surface area contributed by atoms with E-state index in [4.69, 9.17) is 0 Å². The molecule has 0 fully saturated rings. The van der Waals surface area contributed by atoms with Crippen LogP contribution < -0.4 is 5.32 Å². The monoisotopic (exact) mass is 264 g/mol. The van der Waals surface area contributed by atoms with E-state index in [0.717, 1.165) is 12.1 Å². The molecule has 0 saturated carbocycles. The van der Waals surface area contributed by atoms with Gasteiger partial charge in [-0.15, -0.1) is 12.6 Å². The topological polar surface area (TPSA) is 55.2 Å². The molecule has 0 aliphatic carbocycles. The minimum Gasteiger partial charge on any atom is -0.345 e. The van der Waals surface area contributed by atoms with Gasteiger partial charge in [-0.25, -0.2) is 0 Å². The van der Waals surface area contributed by atoms with Crippen LogP contribution in [0, 0.1) is 10.1 Å². The third-order valence-corrected chi connectivity index (χ3v) is 1.92. The van der Waals surface area contributed by atoms with Crippen molar-refractivity contribution in [2.45, 2.75) is 6.18 Å². The second kappa shape index (κ2) is 5.09. The highest BCUT2D eigenvalue weighted by atomic mass is 32.1. The summed E-state index contributed by atoms with van der Waals surface area (Å²) in [5.41, 5.74) is -0.771. The van der Waals surface area contributed by atoms with Crippen molar-refractivity contribution >= 4 is 18.3 Å². The van der Waals surface area contributed by atoms with Crippen molar-refractivity contribution in [3.63, 3.8) is 0 Å². The van der Waals surface area contributed by atoms with Gasteiger partial charge in [0.25, 0.3) is 6.20 Å². The smallest absolute Gasteiger partial charge is 0.345 e. The molecule has 0 saturated heterocycles. The van der Waals surface area contributed by atoms with Gasteiger partial charge in [0.05, 0.1) is 10.5 Å². The summed E-state index contributed by atoms with van der Waals surface area (Å²) in [6, 6.07) is 4.28. The Morgan fingerprint density at radius 1 is 1.47 bits per heavy atom. The fraction of sp³-hybridized carbons (Fsp3) is 0.111. The third-order valence-electron chi connectivity index (χ3n) is 1.69. The fourth-order valence-electron chi connectivity index (χ4n) is 1.05. The highest BCUT2D eigenvalue weighted by Gasteiger charge is 2.30. The van der Waals surface area contributed by atoms with E-state index in [0.29, 0.717) is 6.20 Å². The molecule has 0 aromatic heterocycles. The van der Waals surface area contributed by atoms with Gasteiger partial charge in [0, 0.05) is 5.69 Å². The van der Waals surface area contributed by atoms with Crippen LogP contribution in [0.2, 0.25) is 0 Å². The second-order valence-electron chi connectivity index (χ2n) is 3.00. The lowest BCUT2D eigenvalue weighted by molar-refractivity contribution is -0.402.